The van der Waals surface area contributed by atoms with Crippen molar-refractivity contribution in [2.24, 2.45) is 5.92 Å². The number of rotatable bonds is 7. The summed E-state index contributed by atoms with van der Waals surface area (Å²) in [6.07, 6.45) is 10.5. The summed E-state index contributed by atoms with van der Waals surface area (Å²) in [5, 5.41) is 4.14. The normalized spacial score (nSPS) is 19.9. The van der Waals surface area contributed by atoms with Crippen LogP contribution < -0.4 is 0 Å². The van der Waals surface area contributed by atoms with Gasteiger partial charge in [-0.05, 0) is 62.1 Å². The average Bonchev–Trinajstić information content (AvgIpc) is 3.34. The summed E-state index contributed by atoms with van der Waals surface area (Å²) in [5.74, 6) is 2.01. The maximum Gasteiger partial charge on any atom is 0.227 e. The standard InChI is InChI=1S/C27H32N4O3/c32-25(8-4-7-21-5-2-1-3-6-21)31-16-12-27(13-17-31)20-22(11-18-33-27)19-24-29-26(30-34-24)23-9-14-28-15-10-23/h1-3,5-6,9-10,14-15,22H,4,7-8,11-13,16-20H2. The van der Waals surface area contributed by atoms with Gasteiger partial charge in [-0.25, -0.2) is 0 Å². The predicted octanol–water partition coefficient (Wildman–Crippen LogP) is 4.48. The van der Waals surface area contributed by atoms with E-state index in [9.17, 15) is 4.79 Å². The molecular weight excluding hydrogens is 428 g/mol. The lowest BCUT2D eigenvalue weighted by molar-refractivity contribution is -0.147. The molecule has 1 atom stereocenters. The SMILES string of the molecule is O=C(CCCc1ccccc1)N1CCC2(CC1)CC(Cc1nc(-c3ccncc3)no1)CCO2. The summed E-state index contributed by atoms with van der Waals surface area (Å²) in [5.41, 5.74) is 2.08. The van der Waals surface area contributed by atoms with Gasteiger partial charge in [-0.2, -0.15) is 4.98 Å². The van der Waals surface area contributed by atoms with Crippen molar-refractivity contribution in [2.45, 2.75) is 57.0 Å². The third-order valence-corrected chi connectivity index (χ3v) is 7.19. The van der Waals surface area contributed by atoms with Crippen molar-refractivity contribution in [2.75, 3.05) is 19.7 Å². The number of nitrogens with zero attached hydrogens (tertiary/aromatic N) is 4. The van der Waals surface area contributed by atoms with Gasteiger partial charge in [0.25, 0.3) is 0 Å². The number of piperidine rings is 1. The van der Waals surface area contributed by atoms with Crippen molar-refractivity contribution in [1.82, 2.24) is 20.0 Å². The van der Waals surface area contributed by atoms with Crippen LogP contribution in [0.2, 0.25) is 0 Å². The minimum absolute atomic E-state index is 0.127. The number of likely N-dealkylation sites (tertiary alicyclic amines) is 1. The molecular formula is C27H32N4O3. The fraction of sp³-hybridized carbons (Fsp3) is 0.481. The lowest BCUT2D eigenvalue weighted by Gasteiger charge is -2.46. The molecule has 0 aliphatic carbocycles. The molecule has 0 bridgehead atoms. The highest BCUT2D eigenvalue weighted by Gasteiger charge is 2.41. The lowest BCUT2D eigenvalue weighted by Crippen LogP contribution is -2.51. The Morgan fingerprint density at radius 1 is 1.09 bits per heavy atom. The fourth-order valence-corrected chi connectivity index (χ4v) is 5.27. The molecule has 178 valence electrons. The van der Waals surface area contributed by atoms with Gasteiger partial charge < -0.3 is 14.2 Å². The molecule has 3 aromatic rings. The summed E-state index contributed by atoms with van der Waals surface area (Å²) >= 11 is 0. The highest BCUT2D eigenvalue weighted by Crippen LogP contribution is 2.39. The number of carbonyl (C=O) groups is 1. The second-order valence-corrected chi connectivity index (χ2v) is 9.56. The number of hydrogen-bond donors (Lipinski definition) is 0. The van der Waals surface area contributed by atoms with Crippen LogP contribution in [-0.2, 0) is 22.4 Å². The molecule has 0 radical (unpaired) electrons. The second-order valence-electron chi connectivity index (χ2n) is 9.56. The van der Waals surface area contributed by atoms with Crippen LogP contribution in [0.4, 0.5) is 0 Å². The summed E-state index contributed by atoms with van der Waals surface area (Å²) in [6.45, 7) is 2.31. The Morgan fingerprint density at radius 2 is 1.88 bits per heavy atom. The Morgan fingerprint density at radius 3 is 2.68 bits per heavy atom. The lowest BCUT2D eigenvalue weighted by atomic mass is 9.78. The minimum Gasteiger partial charge on any atom is -0.375 e. The molecule has 0 N–H and O–H groups in total. The van der Waals surface area contributed by atoms with Gasteiger partial charge in [0.05, 0.1) is 5.60 Å². The molecule has 1 aromatic carbocycles. The molecule has 1 spiro atoms. The van der Waals surface area contributed by atoms with Crippen LogP contribution in [-0.4, -0.2) is 51.2 Å². The molecule has 1 amide bonds. The van der Waals surface area contributed by atoms with Gasteiger partial charge in [-0.15, -0.1) is 0 Å². The van der Waals surface area contributed by atoms with Crippen molar-refractivity contribution >= 4 is 5.91 Å². The largest absolute Gasteiger partial charge is 0.375 e. The van der Waals surface area contributed by atoms with E-state index in [-0.39, 0.29) is 11.5 Å². The number of amides is 1. The average molecular weight is 461 g/mol. The molecule has 2 aliphatic rings. The number of pyridine rings is 1. The molecule has 7 nitrogen and oxygen atoms in total. The van der Waals surface area contributed by atoms with Gasteiger partial charge in [0.15, 0.2) is 0 Å². The number of aryl methyl sites for hydroxylation is 1. The zero-order valence-corrected chi connectivity index (χ0v) is 19.6. The zero-order valence-electron chi connectivity index (χ0n) is 19.6. The van der Waals surface area contributed by atoms with Gasteiger partial charge in [-0.3, -0.25) is 9.78 Å². The highest BCUT2D eigenvalue weighted by atomic mass is 16.5. The molecule has 2 saturated heterocycles. The molecule has 7 heteroatoms. The first-order chi connectivity index (χ1) is 16.7. The van der Waals surface area contributed by atoms with E-state index in [0.717, 1.165) is 70.2 Å². The van der Waals surface area contributed by atoms with Gasteiger partial charge in [0, 0.05) is 50.5 Å². The van der Waals surface area contributed by atoms with Crippen LogP contribution in [0.5, 0.6) is 0 Å². The molecule has 2 aliphatic heterocycles. The first kappa shape index (κ1) is 22.7. The van der Waals surface area contributed by atoms with Crippen molar-refractivity contribution in [3.05, 3.63) is 66.3 Å². The molecule has 1 unspecified atom stereocenters. The molecule has 34 heavy (non-hydrogen) atoms. The molecule has 5 rings (SSSR count). The Hall–Kier alpha value is -3.06. The van der Waals surface area contributed by atoms with E-state index in [1.165, 1.54) is 5.56 Å². The molecule has 2 aromatic heterocycles. The number of benzene rings is 1. The molecule has 0 saturated carbocycles. The zero-order chi connectivity index (χ0) is 23.2. The first-order valence-electron chi connectivity index (χ1n) is 12.4. The van der Waals surface area contributed by atoms with Gasteiger partial charge in [-0.1, -0.05) is 35.5 Å². The Kier molecular flexibility index (Phi) is 7.00. The second kappa shape index (κ2) is 10.5. The van der Waals surface area contributed by atoms with E-state index in [2.05, 4.69) is 39.4 Å². The maximum absolute atomic E-state index is 12.7. The smallest absolute Gasteiger partial charge is 0.227 e. The van der Waals surface area contributed by atoms with Crippen molar-refractivity contribution in [3.63, 3.8) is 0 Å². The number of aromatic nitrogens is 3. The van der Waals surface area contributed by atoms with E-state index in [1.54, 1.807) is 12.4 Å². The third-order valence-electron chi connectivity index (χ3n) is 7.19. The van der Waals surface area contributed by atoms with E-state index in [4.69, 9.17) is 9.26 Å². The fourth-order valence-electron chi connectivity index (χ4n) is 5.27. The van der Waals surface area contributed by atoms with Crippen molar-refractivity contribution < 1.29 is 14.1 Å². The summed E-state index contributed by atoms with van der Waals surface area (Å²) in [6, 6.07) is 14.1. The Balaban J connectivity index is 1.10. The topological polar surface area (TPSA) is 81.4 Å². The molecule has 4 heterocycles. The van der Waals surface area contributed by atoms with E-state index in [0.29, 0.717) is 24.1 Å². The maximum atomic E-state index is 12.7. The summed E-state index contributed by atoms with van der Waals surface area (Å²) < 4.78 is 11.8. The summed E-state index contributed by atoms with van der Waals surface area (Å²) in [7, 11) is 0. The summed E-state index contributed by atoms with van der Waals surface area (Å²) in [4.78, 5) is 23.4. The van der Waals surface area contributed by atoms with E-state index < -0.39 is 0 Å². The monoisotopic (exact) mass is 460 g/mol. The van der Waals surface area contributed by atoms with E-state index in [1.807, 2.05) is 23.1 Å². The number of carbonyl (C=O) groups excluding carboxylic acids is 1. The van der Waals surface area contributed by atoms with Crippen LogP contribution >= 0.6 is 0 Å². The third kappa shape index (κ3) is 5.53. The first-order valence-corrected chi connectivity index (χ1v) is 12.4. The number of hydrogen-bond acceptors (Lipinski definition) is 6. The number of ether oxygens (including phenoxy) is 1. The van der Waals surface area contributed by atoms with Gasteiger partial charge in [0.2, 0.25) is 17.6 Å². The molecule has 2 fully saturated rings. The predicted molar refractivity (Wildman–Crippen MR) is 128 cm³/mol. The van der Waals surface area contributed by atoms with Crippen molar-refractivity contribution in [3.8, 4) is 11.4 Å². The Bertz CT molecular complexity index is 1060. The van der Waals surface area contributed by atoms with Crippen LogP contribution in [0.25, 0.3) is 11.4 Å². The van der Waals surface area contributed by atoms with Crippen molar-refractivity contribution in [1.29, 1.82) is 0 Å². The van der Waals surface area contributed by atoms with Crippen LogP contribution in [0.1, 0.15) is 50.0 Å². The minimum atomic E-state index is -0.127. The van der Waals surface area contributed by atoms with Crippen LogP contribution in [0, 0.1) is 5.92 Å². The van der Waals surface area contributed by atoms with Crippen LogP contribution in [0.3, 0.4) is 0 Å². The quantitative estimate of drug-likeness (QED) is 0.517. The van der Waals surface area contributed by atoms with Gasteiger partial charge >= 0.3 is 0 Å². The van der Waals surface area contributed by atoms with E-state index >= 15 is 0 Å². The van der Waals surface area contributed by atoms with Crippen LogP contribution in [0.15, 0.2) is 59.4 Å². The van der Waals surface area contributed by atoms with Gasteiger partial charge in [0.1, 0.15) is 0 Å². The Labute approximate surface area is 200 Å². The highest BCUT2D eigenvalue weighted by molar-refractivity contribution is 5.76.